The van der Waals surface area contributed by atoms with Crippen LogP contribution in [0.5, 0.6) is 0 Å². The van der Waals surface area contributed by atoms with Crippen molar-refractivity contribution in [3.8, 4) is 0 Å². The molecule has 27 heavy (non-hydrogen) atoms. The molecular formula is C20H24N2O4S. The van der Waals surface area contributed by atoms with E-state index >= 15 is 0 Å². The Balaban J connectivity index is 1.81. The standard InChI is InChI=1S/C20H24N2O4S/c1-16-15-26-12-11-22(16)27(24,25)19-10-6-9-18(13-19)20(23)21(2)14-17-7-4-3-5-8-17/h3-10,13,16H,11-12,14-15H2,1-2H3. The van der Waals surface area contributed by atoms with Crippen LogP contribution in [0.1, 0.15) is 22.8 Å². The monoisotopic (exact) mass is 388 g/mol. The first-order valence-electron chi connectivity index (χ1n) is 8.88. The van der Waals surface area contributed by atoms with Gasteiger partial charge in [-0.2, -0.15) is 4.31 Å². The Kier molecular flexibility index (Phi) is 5.94. The lowest BCUT2D eigenvalue weighted by Crippen LogP contribution is -2.46. The Morgan fingerprint density at radius 2 is 1.93 bits per heavy atom. The maximum atomic E-state index is 13.0. The van der Waals surface area contributed by atoms with Crippen LogP contribution < -0.4 is 0 Å². The molecule has 2 aromatic rings. The third-order valence-corrected chi connectivity index (χ3v) is 6.61. The molecule has 0 bridgehead atoms. The van der Waals surface area contributed by atoms with E-state index in [-0.39, 0.29) is 16.8 Å². The number of nitrogens with zero attached hydrogens (tertiary/aromatic N) is 2. The molecular weight excluding hydrogens is 364 g/mol. The van der Waals surface area contributed by atoms with Gasteiger partial charge in [-0.15, -0.1) is 0 Å². The molecule has 0 spiro atoms. The van der Waals surface area contributed by atoms with Gasteiger partial charge in [-0.25, -0.2) is 8.42 Å². The summed E-state index contributed by atoms with van der Waals surface area (Å²) in [4.78, 5) is 14.5. The maximum Gasteiger partial charge on any atom is 0.253 e. The average molecular weight is 388 g/mol. The summed E-state index contributed by atoms with van der Waals surface area (Å²) >= 11 is 0. The molecule has 1 saturated heterocycles. The zero-order valence-corrected chi connectivity index (χ0v) is 16.4. The molecule has 3 rings (SSSR count). The summed E-state index contributed by atoms with van der Waals surface area (Å²) in [6.07, 6.45) is 0. The third kappa shape index (κ3) is 4.37. The predicted molar refractivity (Wildman–Crippen MR) is 103 cm³/mol. The first kappa shape index (κ1) is 19.5. The van der Waals surface area contributed by atoms with Crippen LogP contribution in [0.3, 0.4) is 0 Å². The van der Waals surface area contributed by atoms with Gasteiger partial charge in [0.05, 0.1) is 18.1 Å². The van der Waals surface area contributed by atoms with Gasteiger partial charge in [0.2, 0.25) is 10.0 Å². The molecule has 1 heterocycles. The van der Waals surface area contributed by atoms with Gasteiger partial charge in [-0.05, 0) is 30.7 Å². The highest BCUT2D eigenvalue weighted by atomic mass is 32.2. The fraction of sp³-hybridized carbons (Fsp3) is 0.350. The second-order valence-corrected chi connectivity index (χ2v) is 8.60. The van der Waals surface area contributed by atoms with Gasteiger partial charge in [0, 0.05) is 31.7 Å². The van der Waals surface area contributed by atoms with Gasteiger partial charge in [-0.1, -0.05) is 36.4 Å². The lowest BCUT2D eigenvalue weighted by atomic mass is 10.1. The van der Waals surface area contributed by atoms with E-state index in [9.17, 15) is 13.2 Å². The lowest BCUT2D eigenvalue weighted by molar-refractivity contribution is 0.0392. The molecule has 1 aliphatic heterocycles. The number of benzene rings is 2. The minimum absolute atomic E-state index is 0.134. The molecule has 6 nitrogen and oxygen atoms in total. The fourth-order valence-corrected chi connectivity index (χ4v) is 4.79. The Bertz CT molecular complexity index is 899. The number of morpholine rings is 1. The minimum atomic E-state index is -3.67. The fourth-order valence-electron chi connectivity index (χ4n) is 3.14. The Morgan fingerprint density at radius 3 is 2.63 bits per heavy atom. The number of hydrogen-bond donors (Lipinski definition) is 0. The molecule has 1 atom stereocenters. The molecule has 1 aliphatic rings. The largest absolute Gasteiger partial charge is 0.378 e. The van der Waals surface area contributed by atoms with Crippen LogP contribution in [0.2, 0.25) is 0 Å². The van der Waals surface area contributed by atoms with E-state index in [2.05, 4.69) is 0 Å². The molecule has 1 amide bonds. The maximum absolute atomic E-state index is 13.0. The van der Waals surface area contributed by atoms with Crippen molar-refractivity contribution in [2.24, 2.45) is 0 Å². The Labute approximate surface area is 160 Å². The lowest BCUT2D eigenvalue weighted by Gasteiger charge is -2.32. The molecule has 1 fully saturated rings. The number of amides is 1. The van der Waals surface area contributed by atoms with Crippen LogP contribution in [0.15, 0.2) is 59.5 Å². The second kappa shape index (κ2) is 8.21. The van der Waals surface area contributed by atoms with Crippen molar-refractivity contribution in [2.45, 2.75) is 24.4 Å². The van der Waals surface area contributed by atoms with Crippen LogP contribution in [-0.4, -0.2) is 56.4 Å². The Morgan fingerprint density at radius 1 is 1.19 bits per heavy atom. The predicted octanol–water partition coefficient (Wildman–Crippen LogP) is 2.37. The zero-order chi connectivity index (χ0) is 19.4. The van der Waals surface area contributed by atoms with Crippen LogP contribution in [0, 0.1) is 0 Å². The molecule has 0 aromatic heterocycles. The summed E-state index contributed by atoms with van der Waals surface area (Å²) in [5.41, 5.74) is 1.37. The molecule has 0 radical (unpaired) electrons. The van der Waals surface area contributed by atoms with E-state index in [1.165, 1.54) is 16.4 Å². The highest BCUT2D eigenvalue weighted by Gasteiger charge is 2.32. The van der Waals surface area contributed by atoms with E-state index in [1.54, 1.807) is 24.1 Å². The summed E-state index contributed by atoms with van der Waals surface area (Å²) < 4.78 is 32.7. The molecule has 1 unspecified atom stereocenters. The van der Waals surface area contributed by atoms with Gasteiger partial charge in [-0.3, -0.25) is 4.79 Å². The number of ether oxygens (including phenoxy) is 1. The van der Waals surface area contributed by atoms with Gasteiger partial charge >= 0.3 is 0 Å². The normalized spacial score (nSPS) is 18.2. The molecule has 0 saturated carbocycles. The molecule has 7 heteroatoms. The molecule has 144 valence electrons. The van der Waals surface area contributed by atoms with E-state index in [1.807, 2.05) is 37.3 Å². The Hall–Kier alpha value is -2.22. The minimum Gasteiger partial charge on any atom is -0.378 e. The third-order valence-electron chi connectivity index (χ3n) is 4.60. The van der Waals surface area contributed by atoms with E-state index in [0.717, 1.165) is 5.56 Å². The van der Waals surface area contributed by atoms with Gasteiger partial charge in [0.1, 0.15) is 0 Å². The number of hydrogen-bond acceptors (Lipinski definition) is 4. The van der Waals surface area contributed by atoms with Crippen LogP contribution in [0.25, 0.3) is 0 Å². The van der Waals surface area contributed by atoms with Crippen LogP contribution in [0.4, 0.5) is 0 Å². The van der Waals surface area contributed by atoms with Crippen molar-refractivity contribution in [1.29, 1.82) is 0 Å². The van der Waals surface area contributed by atoms with Gasteiger partial charge < -0.3 is 9.64 Å². The quantitative estimate of drug-likeness (QED) is 0.789. The molecule has 0 aliphatic carbocycles. The van der Waals surface area contributed by atoms with Crippen molar-refractivity contribution in [1.82, 2.24) is 9.21 Å². The summed E-state index contributed by atoms with van der Waals surface area (Å²) in [5, 5.41) is 0. The number of carbonyl (C=O) groups excluding carboxylic acids is 1. The topological polar surface area (TPSA) is 66.9 Å². The van der Waals surface area contributed by atoms with Crippen LogP contribution >= 0.6 is 0 Å². The van der Waals surface area contributed by atoms with Gasteiger partial charge in [0.25, 0.3) is 5.91 Å². The number of carbonyl (C=O) groups is 1. The van der Waals surface area contributed by atoms with Crippen molar-refractivity contribution < 1.29 is 17.9 Å². The SMILES string of the molecule is CC1COCCN1S(=O)(=O)c1cccc(C(=O)N(C)Cc2ccccc2)c1. The van der Waals surface area contributed by atoms with Crippen molar-refractivity contribution in [3.05, 3.63) is 65.7 Å². The number of sulfonamides is 1. The zero-order valence-electron chi connectivity index (χ0n) is 15.5. The van der Waals surface area contributed by atoms with E-state index in [0.29, 0.717) is 31.9 Å². The van der Waals surface area contributed by atoms with E-state index < -0.39 is 10.0 Å². The average Bonchev–Trinajstić information content (AvgIpc) is 2.68. The summed E-state index contributed by atoms with van der Waals surface area (Å²) in [6.45, 7) is 3.34. The van der Waals surface area contributed by atoms with Crippen LogP contribution in [-0.2, 0) is 21.3 Å². The van der Waals surface area contributed by atoms with Crippen molar-refractivity contribution >= 4 is 15.9 Å². The second-order valence-electron chi connectivity index (χ2n) is 6.71. The summed E-state index contributed by atoms with van der Waals surface area (Å²) in [6, 6.07) is 15.7. The highest BCUT2D eigenvalue weighted by Crippen LogP contribution is 2.22. The smallest absolute Gasteiger partial charge is 0.253 e. The molecule has 0 N–H and O–H groups in total. The number of rotatable bonds is 5. The van der Waals surface area contributed by atoms with Gasteiger partial charge in [0.15, 0.2) is 0 Å². The highest BCUT2D eigenvalue weighted by molar-refractivity contribution is 7.89. The summed E-state index contributed by atoms with van der Waals surface area (Å²) in [7, 11) is -1.96. The summed E-state index contributed by atoms with van der Waals surface area (Å²) in [5.74, 6) is -0.217. The molecule has 2 aromatic carbocycles. The van der Waals surface area contributed by atoms with Crippen molar-refractivity contribution in [3.63, 3.8) is 0 Å². The van der Waals surface area contributed by atoms with Crippen molar-refractivity contribution in [2.75, 3.05) is 26.8 Å². The first-order chi connectivity index (χ1) is 12.9. The van der Waals surface area contributed by atoms with E-state index in [4.69, 9.17) is 4.74 Å². The first-order valence-corrected chi connectivity index (χ1v) is 10.3.